The fourth-order valence-electron chi connectivity index (χ4n) is 1.52. The van der Waals surface area contributed by atoms with Crippen molar-refractivity contribution < 1.29 is 0 Å². The molecule has 0 radical (unpaired) electrons. The van der Waals surface area contributed by atoms with Crippen molar-refractivity contribution in [2.24, 2.45) is 0 Å². The van der Waals surface area contributed by atoms with Crippen LogP contribution in [0.15, 0.2) is 18.2 Å². The molecule has 0 aliphatic heterocycles. The van der Waals surface area contributed by atoms with E-state index < -0.39 is 0 Å². The molecule has 4 heteroatoms. The molecule has 0 saturated heterocycles. The summed E-state index contributed by atoms with van der Waals surface area (Å²) in [7, 11) is 0. The second kappa shape index (κ2) is 4.46. The lowest BCUT2D eigenvalue weighted by molar-refractivity contribution is 1.17. The van der Waals surface area contributed by atoms with Gasteiger partial charge >= 0.3 is 0 Å². The molecule has 2 rings (SSSR count). The fourth-order valence-corrected chi connectivity index (χ4v) is 4.04. The summed E-state index contributed by atoms with van der Waals surface area (Å²) in [5.74, 6) is 0. The predicted octanol–water partition coefficient (Wildman–Crippen LogP) is 5.41. The molecule has 1 atom stereocenters. The summed E-state index contributed by atoms with van der Waals surface area (Å²) in [6.07, 6.45) is 0. The third-order valence-electron chi connectivity index (χ3n) is 2.20. The Morgan fingerprint density at radius 2 is 1.93 bits per heavy atom. The maximum atomic E-state index is 6.42. The highest BCUT2D eigenvalue weighted by atomic mass is 35.5. The van der Waals surface area contributed by atoms with Gasteiger partial charge in [-0.3, -0.25) is 0 Å². The summed E-state index contributed by atoms with van der Waals surface area (Å²) in [5.41, 5.74) is 1.21. The van der Waals surface area contributed by atoms with Crippen LogP contribution >= 0.6 is 45.9 Å². The molecule has 0 aliphatic rings. The number of hydrogen-bond donors (Lipinski definition) is 0. The van der Waals surface area contributed by atoms with E-state index in [0.29, 0.717) is 0 Å². The molecule has 2 aromatic heterocycles. The number of halogens is 2. The van der Waals surface area contributed by atoms with Crippen molar-refractivity contribution in [1.82, 2.24) is 0 Å². The summed E-state index contributed by atoms with van der Waals surface area (Å²) >= 11 is 15.7. The SMILES string of the molecule is Cc1cc(C(Cl)c2ccc(Cl)s2)c(C)s1. The van der Waals surface area contributed by atoms with E-state index in [1.165, 1.54) is 15.3 Å². The van der Waals surface area contributed by atoms with Crippen LogP contribution in [-0.2, 0) is 0 Å². The molecule has 0 aliphatic carbocycles. The summed E-state index contributed by atoms with van der Waals surface area (Å²) in [6, 6.07) is 6.05. The molecule has 0 amide bonds. The molecule has 2 heterocycles. The third kappa shape index (κ3) is 2.39. The highest BCUT2D eigenvalue weighted by molar-refractivity contribution is 7.16. The van der Waals surface area contributed by atoms with Crippen molar-refractivity contribution in [2.75, 3.05) is 0 Å². The van der Waals surface area contributed by atoms with Crippen LogP contribution in [0, 0.1) is 13.8 Å². The first-order valence-electron chi connectivity index (χ1n) is 4.54. The van der Waals surface area contributed by atoms with Crippen LogP contribution in [0.4, 0.5) is 0 Å². The van der Waals surface area contributed by atoms with Gasteiger partial charge in [0.2, 0.25) is 0 Å². The van der Waals surface area contributed by atoms with E-state index in [-0.39, 0.29) is 5.38 Å². The van der Waals surface area contributed by atoms with Crippen molar-refractivity contribution in [2.45, 2.75) is 19.2 Å². The van der Waals surface area contributed by atoms with Crippen LogP contribution in [0.5, 0.6) is 0 Å². The molecule has 0 fully saturated rings. The Labute approximate surface area is 107 Å². The van der Waals surface area contributed by atoms with Crippen LogP contribution in [0.25, 0.3) is 0 Å². The third-order valence-corrected chi connectivity index (χ3v) is 5.07. The minimum atomic E-state index is -0.0625. The van der Waals surface area contributed by atoms with Crippen LogP contribution < -0.4 is 0 Å². The van der Waals surface area contributed by atoms with Gasteiger partial charge in [-0.2, -0.15) is 0 Å². The first kappa shape index (κ1) is 11.5. The summed E-state index contributed by atoms with van der Waals surface area (Å²) in [6.45, 7) is 4.21. The zero-order valence-electron chi connectivity index (χ0n) is 8.38. The Bertz CT molecular complexity index is 471. The Kier molecular flexibility index (Phi) is 3.41. The maximum Gasteiger partial charge on any atom is 0.0939 e. The minimum Gasteiger partial charge on any atom is -0.146 e. The van der Waals surface area contributed by atoms with E-state index in [2.05, 4.69) is 19.9 Å². The maximum absolute atomic E-state index is 6.42. The van der Waals surface area contributed by atoms with E-state index >= 15 is 0 Å². The van der Waals surface area contributed by atoms with E-state index in [0.717, 1.165) is 9.21 Å². The Morgan fingerprint density at radius 1 is 1.20 bits per heavy atom. The van der Waals surface area contributed by atoms with Crippen molar-refractivity contribution in [1.29, 1.82) is 0 Å². The largest absolute Gasteiger partial charge is 0.146 e. The van der Waals surface area contributed by atoms with Crippen LogP contribution in [0.2, 0.25) is 4.34 Å². The van der Waals surface area contributed by atoms with E-state index in [4.69, 9.17) is 23.2 Å². The average molecular weight is 277 g/mol. The van der Waals surface area contributed by atoms with Crippen molar-refractivity contribution in [3.05, 3.63) is 42.7 Å². The Balaban J connectivity index is 2.35. The highest BCUT2D eigenvalue weighted by Crippen LogP contribution is 2.39. The highest BCUT2D eigenvalue weighted by Gasteiger charge is 2.16. The minimum absolute atomic E-state index is 0.0625. The molecule has 2 aromatic rings. The number of thiophene rings is 2. The smallest absolute Gasteiger partial charge is 0.0939 e. The first-order chi connectivity index (χ1) is 7.08. The lowest BCUT2D eigenvalue weighted by Crippen LogP contribution is -1.89. The first-order valence-corrected chi connectivity index (χ1v) is 6.99. The quantitative estimate of drug-likeness (QED) is 0.644. The zero-order chi connectivity index (χ0) is 11.0. The number of rotatable bonds is 2. The number of hydrogen-bond acceptors (Lipinski definition) is 2. The van der Waals surface area contributed by atoms with Gasteiger partial charge in [0.1, 0.15) is 0 Å². The molecule has 80 valence electrons. The van der Waals surface area contributed by atoms with Gasteiger partial charge in [-0.05, 0) is 37.6 Å². The van der Waals surface area contributed by atoms with E-state index in [9.17, 15) is 0 Å². The molecule has 15 heavy (non-hydrogen) atoms. The van der Waals surface area contributed by atoms with Crippen LogP contribution in [-0.4, -0.2) is 0 Å². The van der Waals surface area contributed by atoms with Gasteiger partial charge in [-0.25, -0.2) is 0 Å². The van der Waals surface area contributed by atoms with Gasteiger partial charge in [-0.1, -0.05) is 11.6 Å². The normalized spacial score (nSPS) is 13.1. The lowest BCUT2D eigenvalue weighted by atomic mass is 10.1. The number of aryl methyl sites for hydroxylation is 2. The number of alkyl halides is 1. The standard InChI is InChI=1S/C11H10Cl2S2/c1-6-5-8(7(2)14-6)11(13)9-3-4-10(12)15-9/h3-5,11H,1-2H3. The second-order valence-corrected chi connectivity index (χ2v) is 7.02. The molecule has 0 N–H and O–H groups in total. The molecule has 0 spiro atoms. The average Bonchev–Trinajstić information content (AvgIpc) is 2.71. The summed E-state index contributed by atoms with van der Waals surface area (Å²) in [4.78, 5) is 3.70. The van der Waals surface area contributed by atoms with Crippen LogP contribution in [0.3, 0.4) is 0 Å². The zero-order valence-corrected chi connectivity index (χ0v) is 11.5. The van der Waals surface area contributed by atoms with Gasteiger partial charge in [-0.15, -0.1) is 34.3 Å². The molecule has 0 aromatic carbocycles. The Hall–Kier alpha value is -0.0200. The second-order valence-electron chi connectivity index (χ2n) is 3.37. The monoisotopic (exact) mass is 276 g/mol. The van der Waals surface area contributed by atoms with Gasteiger partial charge < -0.3 is 0 Å². The van der Waals surface area contributed by atoms with Crippen molar-refractivity contribution >= 4 is 45.9 Å². The molecule has 0 bridgehead atoms. The Morgan fingerprint density at radius 3 is 2.40 bits per heavy atom. The lowest BCUT2D eigenvalue weighted by Gasteiger charge is -2.05. The van der Waals surface area contributed by atoms with Crippen molar-refractivity contribution in [3.63, 3.8) is 0 Å². The molecule has 0 saturated carbocycles. The molecular weight excluding hydrogens is 267 g/mol. The van der Waals surface area contributed by atoms with Gasteiger partial charge in [0, 0.05) is 14.6 Å². The van der Waals surface area contributed by atoms with E-state index in [1.807, 2.05) is 12.1 Å². The van der Waals surface area contributed by atoms with Crippen molar-refractivity contribution in [3.8, 4) is 0 Å². The topological polar surface area (TPSA) is 0 Å². The van der Waals surface area contributed by atoms with Gasteiger partial charge in [0.05, 0.1) is 9.71 Å². The van der Waals surface area contributed by atoms with Crippen LogP contribution in [0.1, 0.15) is 25.6 Å². The molecule has 1 unspecified atom stereocenters. The molecular formula is C11H10Cl2S2. The fraction of sp³-hybridized carbons (Fsp3) is 0.273. The summed E-state index contributed by atoms with van der Waals surface area (Å²) < 4.78 is 0.792. The predicted molar refractivity (Wildman–Crippen MR) is 70.8 cm³/mol. The van der Waals surface area contributed by atoms with E-state index in [1.54, 1.807) is 22.7 Å². The van der Waals surface area contributed by atoms with Gasteiger partial charge in [0.25, 0.3) is 0 Å². The molecule has 0 nitrogen and oxygen atoms in total. The van der Waals surface area contributed by atoms with Gasteiger partial charge in [0.15, 0.2) is 0 Å². The summed E-state index contributed by atoms with van der Waals surface area (Å²) in [5, 5.41) is -0.0625.